The zero-order valence-electron chi connectivity index (χ0n) is 8.69. The third-order valence-electron chi connectivity index (χ3n) is 2.21. The van der Waals surface area contributed by atoms with Crippen molar-refractivity contribution in [3.8, 4) is 0 Å². The molecule has 0 saturated heterocycles. The van der Waals surface area contributed by atoms with Gasteiger partial charge in [-0.05, 0) is 19.1 Å². The Hall–Kier alpha value is -1.55. The number of aryl methyl sites for hydroxylation is 1. The molecule has 4 nitrogen and oxygen atoms in total. The molecule has 0 aliphatic rings. The smallest absolute Gasteiger partial charge is 0.195 e. The van der Waals surface area contributed by atoms with Gasteiger partial charge in [0.25, 0.3) is 0 Å². The first-order chi connectivity index (χ1) is 7.29. The molecule has 2 rings (SSSR count). The first-order valence-electron chi connectivity index (χ1n) is 4.97. The molecule has 2 N–H and O–H groups in total. The van der Waals surface area contributed by atoms with E-state index in [0.717, 1.165) is 17.2 Å². The lowest BCUT2D eigenvalue weighted by Gasteiger charge is -1.93. The van der Waals surface area contributed by atoms with Gasteiger partial charge in [0.2, 0.25) is 0 Å². The van der Waals surface area contributed by atoms with E-state index < -0.39 is 0 Å². The predicted molar refractivity (Wildman–Crippen MR) is 55.5 cm³/mol. The Balaban J connectivity index is 2.14. The van der Waals surface area contributed by atoms with Crippen molar-refractivity contribution in [2.75, 3.05) is 6.54 Å². The van der Waals surface area contributed by atoms with Crippen LogP contribution >= 0.6 is 0 Å². The molecule has 0 amide bonds. The molecular formula is C11H14N2O2. The number of hydrogen-bond acceptors (Lipinski definition) is 4. The van der Waals surface area contributed by atoms with E-state index >= 15 is 0 Å². The standard InChI is InChI=1S/C11H14N2O2/c1-8-10(7-9-3-2-6-14-9)15-11(13-8)4-5-12/h2-3,6H,4-5,7,12H2,1H3. The summed E-state index contributed by atoms with van der Waals surface area (Å²) in [6.07, 6.45) is 2.98. The van der Waals surface area contributed by atoms with E-state index in [4.69, 9.17) is 14.6 Å². The van der Waals surface area contributed by atoms with Gasteiger partial charge in [0.05, 0.1) is 18.4 Å². The topological polar surface area (TPSA) is 65.2 Å². The molecule has 0 saturated carbocycles. The largest absolute Gasteiger partial charge is 0.469 e. The summed E-state index contributed by atoms with van der Waals surface area (Å²) in [5.41, 5.74) is 6.35. The van der Waals surface area contributed by atoms with Crippen molar-refractivity contribution >= 4 is 0 Å². The summed E-state index contributed by atoms with van der Waals surface area (Å²) in [4.78, 5) is 4.29. The van der Waals surface area contributed by atoms with Crippen molar-refractivity contribution in [2.45, 2.75) is 19.8 Å². The molecule has 0 fully saturated rings. The Kier molecular flexibility index (Phi) is 2.87. The van der Waals surface area contributed by atoms with Crippen molar-refractivity contribution in [1.29, 1.82) is 0 Å². The van der Waals surface area contributed by atoms with Gasteiger partial charge in [-0.2, -0.15) is 0 Å². The van der Waals surface area contributed by atoms with E-state index in [1.165, 1.54) is 0 Å². The minimum absolute atomic E-state index is 0.556. The highest BCUT2D eigenvalue weighted by Gasteiger charge is 2.10. The van der Waals surface area contributed by atoms with Gasteiger partial charge < -0.3 is 14.6 Å². The van der Waals surface area contributed by atoms with Crippen molar-refractivity contribution in [1.82, 2.24) is 4.98 Å². The van der Waals surface area contributed by atoms with Crippen LogP contribution in [-0.2, 0) is 12.8 Å². The zero-order valence-corrected chi connectivity index (χ0v) is 8.69. The highest BCUT2D eigenvalue weighted by molar-refractivity contribution is 5.15. The van der Waals surface area contributed by atoms with Crippen LogP contribution in [0, 0.1) is 6.92 Å². The van der Waals surface area contributed by atoms with E-state index in [2.05, 4.69) is 4.98 Å². The van der Waals surface area contributed by atoms with Crippen LogP contribution in [0.5, 0.6) is 0 Å². The average molecular weight is 206 g/mol. The maximum absolute atomic E-state index is 5.58. The Bertz CT molecular complexity index is 418. The minimum Gasteiger partial charge on any atom is -0.469 e. The number of furan rings is 1. The van der Waals surface area contributed by atoms with Crippen LogP contribution in [0.15, 0.2) is 27.2 Å². The summed E-state index contributed by atoms with van der Waals surface area (Å²) in [6, 6.07) is 3.78. The summed E-state index contributed by atoms with van der Waals surface area (Å²) in [5, 5.41) is 0. The minimum atomic E-state index is 0.556. The van der Waals surface area contributed by atoms with Crippen LogP contribution in [0.4, 0.5) is 0 Å². The first kappa shape index (κ1) is 9.98. The molecule has 0 aliphatic carbocycles. The molecule has 0 unspecified atom stereocenters. The van der Waals surface area contributed by atoms with Gasteiger partial charge in [0.15, 0.2) is 5.89 Å². The molecule has 80 valence electrons. The van der Waals surface area contributed by atoms with Crippen LogP contribution in [0.1, 0.15) is 23.1 Å². The van der Waals surface area contributed by atoms with Gasteiger partial charge in [0, 0.05) is 13.0 Å². The van der Waals surface area contributed by atoms with Crippen LogP contribution in [0.3, 0.4) is 0 Å². The highest BCUT2D eigenvalue weighted by atomic mass is 16.4. The number of hydrogen-bond donors (Lipinski definition) is 1. The van der Waals surface area contributed by atoms with Gasteiger partial charge in [-0.3, -0.25) is 0 Å². The lowest BCUT2D eigenvalue weighted by Crippen LogP contribution is -2.02. The second-order valence-electron chi connectivity index (χ2n) is 3.41. The van der Waals surface area contributed by atoms with E-state index in [1.807, 2.05) is 19.1 Å². The fraction of sp³-hybridized carbons (Fsp3) is 0.364. The number of nitrogens with zero attached hydrogens (tertiary/aromatic N) is 1. The molecule has 0 spiro atoms. The summed E-state index contributed by atoms with van der Waals surface area (Å²) >= 11 is 0. The Morgan fingerprint density at radius 3 is 3.00 bits per heavy atom. The van der Waals surface area contributed by atoms with Gasteiger partial charge in [0.1, 0.15) is 11.5 Å². The molecular weight excluding hydrogens is 192 g/mol. The molecule has 2 heterocycles. The SMILES string of the molecule is Cc1nc(CCN)oc1Cc1ccco1. The number of oxazole rings is 1. The molecule has 0 aliphatic heterocycles. The average Bonchev–Trinajstić information content (AvgIpc) is 2.79. The summed E-state index contributed by atoms with van der Waals surface area (Å²) in [6.45, 7) is 2.49. The molecule has 0 atom stereocenters. The van der Waals surface area contributed by atoms with Crippen molar-refractivity contribution < 1.29 is 8.83 Å². The van der Waals surface area contributed by atoms with Crippen LogP contribution in [0.25, 0.3) is 0 Å². The number of nitrogens with two attached hydrogens (primary N) is 1. The quantitative estimate of drug-likeness (QED) is 0.826. The summed E-state index contributed by atoms with van der Waals surface area (Å²) in [5.74, 6) is 2.44. The monoisotopic (exact) mass is 206 g/mol. The summed E-state index contributed by atoms with van der Waals surface area (Å²) < 4.78 is 10.8. The second-order valence-corrected chi connectivity index (χ2v) is 3.41. The van der Waals surface area contributed by atoms with Crippen molar-refractivity contribution in [2.24, 2.45) is 5.73 Å². The second kappa shape index (κ2) is 4.31. The maximum Gasteiger partial charge on any atom is 0.195 e. The first-order valence-corrected chi connectivity index (χ1v) is 4.97. The molecule has 2 aromatic rings. The predicted octanol–water partition coefficient (Wildman–Crippen LogP) is 1.67. The molecule has 0 radical (unpaired) electrons. The van der Waals surface area contributed by atoms with Gasteiger partial charge in [-0.15, -0.1) is 0 Å². The van der Waals surface area contributed by atoms with Crippen LogP contribution in [0.2, 0.25) is 0 Å². The Morgan fingerprint density at radius 1 is 1.47 bits per heavy atom. The third-order valence-corrected chi connectivity index (χ3v) is 2.21. The highest BCUT2D eigenvalue weighted by Crippen LogP contribution is 2.15. The van der Waals surface area contributed by atoms with Gasteiger partial charge >= 0.3 is 0 Å². The van der Waals surface area contributed by atoms with Crippen LogP contribution in [-0.4, -0.2) is 11.5 Å². The lowest BCUT2D eigenvalue weighted by molar-refractivity contribution is 0.442. The number of rotatable bonds is 4. The van der Waals surface area contributed by atoms with E-state index in [0.29, 0.717) is 25.3 Å². The molecule has 15 heavy (non-hydrogen) atoms. The normalized spacial score (nSPS) is 10.8. The molecule has 0 aromatic carbocycles. The number of aromatic nitrogens is 1. The van der Waals surface area contributed by atoms with Crippen LogP contribution < -0.4 is 5.73 Å². The zero-order chi connectivity index (χ0) is 10.7. The van der Waals surface area contributed by atoms with Gasteiger partial charge in [-0.1, -0.05) is 0 Å². The molecule has 2 aromatic heterocycles. The maximum atomic E-state index is 5.58. The van der Waals surface area contributed by atoms with E-state index in [9.17, 15) is 0 Å². The van der Waals surface area contributed by atoms with E-state index in [1.54, 1.807) is 6.26 Å². The molecule has 4 heteroatoms. The fourth-order valence-corrected chi connectivity index (χ4v) is 1.45. The third kappa shape index (κ3) is 2.27. The Labute approximate surface area is 88.1 Å². The fourth-order valence-electron chi connectivity index (χ4n) is 1.45. The van der Waals surface area contributed by atoms with Gasteiger partial charge in [-0.25, -0.2) is 4.98 Å². The van der Waals surface area contributed by atoms with Crippen molar-refractivity contribution in [3.63, 3.8) is 0 Å². The van der Waals surface area contributed by atoms with Crippen molar-refractivity contribution in [3.05, 3.63) is 41.5 Å². The Morgan fingerprint density at radius 2 is 2.33 bits per heavy atom. The lowest BCUT2D eigenvalue weighted by atomic mass is 10.2. The van der Waals surface area contributed by atoms with E-state index in [-0.39, 0.29) is 0 Å². The molecule has 0 bridgehead atoms. The summed E-state index contributed by atoms with van der Waals surface area (Å²) in [7, 11) is 0.